The molecule has 0 spiro atoms. The van der Waals surface area contributed by atoms with Crippen molar-refractivity contribution in [3.05, 3.63) is 0 Å². The molecular weight excluding hydrogens is 560 g/mol. The lowest BCUT2D eigenvalue weighted by Crippen LogP contribution is -2.66. The number of carbonyl (C=O) groups is 6. The Morgan fingerprint density at radius 3 is 1.37 bits per heavy atom. The van der Waals surface area contributed by atoms with Crippen molar-refractivity contribution in [3.63, 3.8) is 0 Å². The third kappa shape index (κ3) is 9.89. The molecule has 2 fully saturated rings. The van der Waals surface area contributed by atoms with Gasteiger partial charge in [0, 0.05) is 41.5 Å². The maximum Gasteiger partial charge on any atom is 0.303 e. The van der Waals surface area contributed by atoms with Gasteiger partial charge in [0.2, 0.25) is 0 Å². The zero-order chi connectivity index (χ0) is 31.0. The van der Waals surface area contributed by atoms with E-state index in [0.717, 1.165) is 41.5 Å². The van der Waals surface area contributed by atoms with Crippen molar-refractivity contribution in [3.8, 4) is 0 Å². The van der Waals surface area contributed by atoms with Crippen molar-refractivity contribution in [2.75, 3.05) is 13.2 Å². The number of rotatable bonds is 10. The van der Waals surface area contributed by atoms with Crippen molar-refractivity contribution in [2.45, 2.75) is 103 Å². The van der Waals surface area contributed by atoms with E-state index in [1.165, 1.54) is 0 Å². The first kappa shape index (κ1) is 33.8. The standard InChI is InChI=1S/C24H34O17/c1-9(25)33-7-15-18(35-11(3)27)20(17(31)23(32)39-15)41-24-22(38-14(6)30)21(37-13(5)29)19(36-12(4)28)16(40-24)8-34-10(2)26/h15-24,31-32H,7-8H2,1-6H3/t15-,16-,17+,18-,19-,20-,21+,22+,23+,24-/m1/s1. The van der Waals surface area contributed by atoms with Gasteiger partial charge in [0.25, 0.3) is 0 Å². The zero-order valence-corrected chi connectivity index (χ0v) is 23.2. The summed E-state index contributed by atoms with van der Waals surface area (Å²) in [5.74, 6) is -5.00. The molecule has 10 atom stereocenters. The Balaban J connectivity index is 2.55. The summed E-state index contributed by atoms with van der Waals surface area (Å²) in [4.78, 5) is 70.8. The number of aliphatic hydroxyl groups excluding tert-OH is 2. The number of ether oxygens (including phenoxy) is 9. The smallest absolute Gasteiger partial charge is 0.303 e. The summed E-state index contributed by atoms with van der Waals surface area (Å²) in [5.41, 5.74) is 0. The number of carbonyl (C=O) groups excluding carboxylic acids is 6. The first-order valence-electron chi connectivity index (χ1n) is 12.4. The molecule has 2 heterocycles. The predicted molar refractivity (Wildman–Crippen MR) is 126 cm³/mol. The summed E-state index contributed by atoms with van der Waals surface area (Å²) in [7, 11) is 0. The fraction of sp³-hybridized carbons (Fsp3) is 0.750. The second-order valence-electron chi connectivity index (χ2n) is 9.10. The minimum atomic E-state index is -1.95. The Labute approximate surface area is 234 Å². The average molecular weight is 595 g/mol. The number of esters is 6. The quantitative estimate of drug-likeness (QED) is 0.206. The molecule has 2 aliphatic rings. The van der Waals surface area contributed by atoms with E-state index in [2.05, 4.69) is 0 Å². The molecule has 232 valence electrons. The van der Waals surface area contributed by atoms with Crippen LogP contribution in [0.1, 0.15) is 41.5 Å². The van der Waals surface area contributed by atoms with Gasteiger partial charge < -0.3 is 52.8 Å². The SMILES string of the molecule is CC(=O)OC[C@H]1O[C@H](O[C@@H]2[C@H](O)[C@@H](O)O[C@H](COC(C)=O)[C@H]2OC(C)=O)[C@@H](OC(C)=O)[C@@H](OC(C)=O)[C@@H]1OC(C)=O. The number of hydrogen-bond acceptors (Lipinski definition) is 17. The van der Waals surface area contributed by atoms with E-state index in [4.69, 9.17) is 42.6 Å². The van der Waals surface area contributed by atoms with Gasteiger partial charge in [-0.25, -0.2) is 0 Å². The van der Waals surface area contributed by atoms with Crippen LogP contribution in [0.25, 0.3) is 0 Å². The van der Waals surface area contributed by atoms with E-state index in [1.807, 2.05) is 0 Å². The largest absolute Gasteiger partial charge is 0.463 e. The van der Waals surface area contributed by atoms with Gasteiger partial charge in [0.15, 0.2) is 37.0 Å². The van der Waals surface area contributed by atoms with E-state index in [0.29, 0.717) is 0 Å². The highest BCUT2D eigenvalue weighted by Gasteiger charge is 2.56. The first-order chi connectivity index (χ1) is 19.1. The van der Waals surface area contributed by atoms with Crippen LogP contribution < -0.4 is 0 Å². The summed E-state index contributed by atoms with van der Waals surface area (Å²) in [5, 5.41) is 21.1. The monoisotopic (exact) mass is 594 g/mol. The predicted octanol–water partition coefficient (Wildman–Crippen LogP) is -1.97. The fourth-order valence-electron chi connectivity index (χ4n) is 4.18. The van der Waals surface area contributed by atoms with Crippen LogP contribution in [-0.2, 0) is 71.4 Å². The van der Waals surface area contributed by atoms with Gasteiger partial charge in [0.1, 0.15) is 37.6 Å². The molecule has 2 rings (SSSR count). The van der Waals surface area contributed by atoms with Crippen LogP contribution in [0, 0.1) is 0 Å². The molecule has 0 saturated carbocycles. The van der Waals surface area contributed by atoms with Gasteiger partial charge in [-0.05, 0) is 0 Å². The minimum Gasteiger partial charge on any atom is -0.463 e. The molecule has 0 unspecified atom stereocenters. The third-order valence-corrected chi connectivity index (χ3v) is 5.63. The molecular formula is C24H34O17. The molecule has 0 radical (unpaired) electrons. The van der Waals surface area contributed by atoms with E-state index in [-0.39, 0.29) is 0 Å². The molecule has 2 aliphatic heterocycles. The van der Waals surface area contributed by atoms with Crippen LogP contribution in [0.4, 0.5) is 0 Å². The van der Waals surface area contributed by atoms with Crippen LogP contribution in [0.15, 0.2) is 0 Å². The molecule has 0 aliphatic carbocycles. The average Bonchev–Trinajstić information content (AvgIpc) is 2.83. The van der Waals surface area contributed by atoms with Crippen molar-refractivity contribution < 1.29 is 81.6 Å². The maximum absolute atomic E-state index is 12.1. The Bertz CT molecular complexity index is 981. The van der Waals surface area contributed by atoms with E-state index in [1.54, 1.807) is 0 Å². The van der Waals surface area contributed by atoms with Gasteiger partial charge in [-0.1, -0.05) is 0 Å². The highest BCUT2D eigenvalue weighted by Crippen LogP contribution is 2.34. The molecule has 2 saturated heterocycles. The Hall–Kier alpha value is -3.38. The van der Waals surface area contributed by atoms with E-state index >= 15 is 0 Å². The van der Waals surface area contributed by atoms with Crippen LogP contribution in [-0.4, -0.2) is 121 Å². The molecule has 0 aromatic carbocycles. The third-order valence-electron chi connectivity index (χ3n) is 5.63. The van der Waals surface area contributed by atoms with Crippen molar-refractivity contribution >= 4 is 35.8 Å². The molecule has 17 heteroatoms. The van der Waals surface area contributed by atoms with Crippen molar-refractivity contribution in [2.24, 2.45) is 0 Å². The number of aliphatic hydroxyl groups is 2. The lowest BCUT2D eigenvalue weighted by Gasteiger charge is -2.47. The first-order valence-corrected chi connectivity index (χ1v) is 12.4. The summed E-state index contributed by atoms with van der Waals surface area (Å²) in [6.07, 6.45) is -16.3. The summed E-state index contributed by atoms with van der Waals surface area (Å²) >= 11 is 0. The second-order valence-corrected chi connectivity index (χ2v) is 9.10. The van der Waals surface area contributed by atoms with Crippen LogP contribution in [0.3, 0.4) is 0 Å². The molecule has 0 aromatic rings. The van der Waals surface area contributed by atoms with Crippen molar-refractivity contribution in [1.29, 1.82) is 0 Å². The summed E-state index contributed by atoms with van der Waals surface area (Å²) in [6, 6.07) is 0. The number of hydrogen-bond donors (Lipinski definition) is 2. The van der Waals surface area contributed by atoms with Crippen LogP contribution >= 0.6 is 0 Å². The lowest BCUT2D eigenvalue weighted by molar-refractivity contribution is -0.357. The Morgan fingerprint density at radius 2 is 0.927 bits per heavy atom. The zero-order valence-electron chi connectivity index (χ0n) is 23.2. The van der Waals surface area contributed by atoms with Crippen LogP contribution in [0.2, 0.25) is 0 Å². The molecule has 0 bridgehead atoms. The molecule has 0 amide bonds. The van der Waals surface area contributed by atoms with Gasteiger partial charge >= 0.3 is 35.8 Å². The Morgan fingerprint density at radius 1 is 0.537 bits per heavy atom. The molecule has 2 N–H and O–H groups in total. The summed E-state index contributed by atoms with van der Waals surface area (Å²) < 4.78 is 48.1. The van der Waals surface area contributed by atoms with Gasteiger partial charge in [-0.3, -0.25) is 28.8 Å². The molecule has 17 nitrogen and oxygen atoms in total. The molecule has 0 aromatic heterocycles. The van der Waals surface area contributed by atoms with Gasteiger partial charge in [-0.2, -0.15) is 0 Å². The fourth-order valence-corrected chi connectivity index (χ4v) is 4.18. The highest BCUT2D eigenvalue weighted by atomic mass is 16.8. The summed E-state index contributed by atoms with van der Waals surface area (Å²) in [6.45, 7) is 5.22. The molecule has 41 heavy (non-hydrogen) atoms. The van der Waals surface area contributed by atoms with Crippen molar-refractivity contribution in [1.82, 2.24) is 0 Å². The van der Waals surface area contributed by atoms with E-state index < -0.39 is 110 Å². The maximum atomic E-state index is 12.1. The lowest BCUT2D eigenvalue weighted by atomic mass is 9.96. The normalized spacial score (nSPS) is 33.1. The highest BCUT2D eigenvalue weighted by molar-refractivity contribution is 5.69. The second kappa shape index (κ2) is 15.0. The van der Waals surface area contributed by atoms with Crippen LogP contribution in [0.5, 0.6) is 0 Å². The van der Waals surface area contributed by atoms with Gasteiger partial charge in [-0.15, -0.1) is 0 Å². The Kier molecular flexibility index (Phi) is 12.4. The topological polar surface area (TPSA) is 226 Å². The van der Waals surface area contributed by atoms with Gasteiger partial charge in [0.05, 0.1) is 0 Å². The van der Waals surface area contributed by atoms with E-state index in [9.17, 15) is 39.0 Å². The minimum absolute atomic E-state index is 0.532.